The van der Waals surface area contributed by atoms with Crippen molar-refractivity contribution in [2.45, 2.75) is 39.0 Å². The molecule has 0 spiro atoms. The second-order valence-corrected chi connectivity index (χ2v) is 7.44. The summed E-state index contributed by atoms with van der Waals surface area (Å²) < 4.78 is 14.7. The van der Waals surface area contributed by atoms with Gasteiger partial charge in [-0.15, -0.1) is 0 Å². The summed E-state index contributed by atoms with van der Waals surface area (Å²) >= 11 is 0. The molecule has 0 saturated carbocycles. The van der Waals surface area contributed by atoms with E-state index in [1.807, 2.05) is 35.8 Å². The molecule has 8 nitrogen and oxygen atoms in total. The highest BCUT2D eigenvalue weighted by Gasteiger charge is 2.23. The smallest absolute Gasteiger partial charge is 0.265 e. The highest BCUT2D eigenvalue weighted by molar-refractivity contribution is 6.04. The number of methoxy groups -OCH3 is 1. The van der Waals surface area contributed by atoms with E-state index in [9.17, 15) is 4.79 Å². The summed E-state index contributed by atoms with van der Waals surface area (Å²) in [6, 6.07) is 7.69. The van der Waals surface area contributed by atoms with Crippen molar-refractivity contribution in [1.29, 1.82) is 0 Å². The van der Waals surface area contributed by atoms with E-state index in [1.165, 1.54) is 0 Å². The minimum absolute atomic E-state index is 0.0550. The number of rotatable bonds is 5. The van der Waals surface area contributed by atoms with E-state index in [2.05, 4.69) is 0 Å². The van der Waals surface area contributed by atoms with Crippen LogP contribution in [0.2, 0.25) is 0 Å². The fraction of sp³-hybridized carbons (Fsp3) is 0.429. The van der Waals surface area contributed by atoms with Crippen LogP contribution in [0.4, 0.5) is 0 Å². The number of nitrogens with zero attached hydrogens (tertiary/aromatic N) is 5. The molecule has 0 radical (unpaired) electrons. The highest BCUT2D eigenvalue weighted by Crippen LogP contribution is 2.25. The van der Waals surface area contributed by atoms with Crippen LogP contribution in [0.1, 0.15) is 18.7 Å². The molecule has 29 heavy (non-hydrogen) atoms. The van der Waals surface area contributed by atoms with E-state index in [-0.39, 0.29) is 11.7 Å². The molecule has 1 fully saturated rings. The SMILES string of the molecule is COCCn1c2nc3ccccc3nc2c2c(=O)n(C[C@H]3CCCO3)c(C)nc21. The van der Waals surface area contributed by atoms with Gasteiger partial charge in [-0.1, -0.05) is 12.1 Å². The Morgan fingerprint density at radius 3 is 2.66 bits per heavy atom. The Kier molecular flexibility index (Phi) is 4.52. The van der Waals surface area contributed by atoms with Gasteiger partial charge in [0.25, 0.3) is 5.56 Å². The number of para-hydroxylation sites is 2. The van der Waals surface area contributed by atoms with E-state index >= 15 is 0 Å². The van der Waals surface area contributed by atoms with Crippen LogP contribution in [0, 0.1) is 6.92 Å². The predicted molar refractivity (Wildman–Crippen MR) is 110 cm³/mol. The molecule has 5 rings (SSSR count). The zero-order valence-corrected chi connectivity index (χ0v) is 16.6. The van der Waals surface area contributed by atoms with Crippen molar-refractivity contribution in [2.75, 3.05) is 20.3 Å². The molecule has 1 aromatic carbocycles. The van der Waals surface area contributed by atoms with Gasteiger partial charge in [-0.25, -0.2) is 15.0 Å². The molecule has 0 aliphatic carbocycles. The van der Waals surface area contributed by atoms with Crippen LogP contribution in [0.5, 0.6) is 0 Å². The van der Waals surface area contributed by atoms with Crippen molar-refractivity contribution < 1.29 is 9.47 Å². The molecule has 0 N–H and O–H groups in total. The lowest BCUT2D eigenvalue weighted by molar-refractivity contribution is 0.0955. The molecule has 8 heteroatoms. The molecular formula is C21H23N5O3. The number of benzene rings is 1. The van der Waals surface area contributed by atoms with Crippen molar-refractivity contribution >= 4 is 33.2 Å². The zero-order chi connectivity index (χ0) is 20.0. The quantitative estimate of drug-likeness (QED) is 0.518. The Morgan fingerprint density at radius 2 is 1.93 bits per heavy atom. The fourth-order valence-corrected chi connectivity index (χ4v) is 4.10. The molecular weight excluding hydrogens is 370 g/mol. The molecule has 3 aromatic heterocycles. The van der Waals surface area contributed by atoms with Gasteiger partial charge in [0.2, 0.25) is 0 Å². The first-order valence-corrected chi connectivity index (χ1v) is 9.94. The van der Waals surface area contributed by atoms with Gasteiger partial charge in [0.15, 0.2) is 11.3 Å². The number of hydrogen-bond donors (Lipinski definition) is 0. The fourth-order valence-electron chi connectivity index (χ4n) is 4.10. The summed E-state index contributed by atoms with van der Waals surface area (Å²) in [4.78, 5) is 27.9. The first-order chi connectivity index (χ1) is 14.2. The molecule has 1 aliphatic heterocycles. The van der Waals surface area contributed by atoms with Gasteiger partial charge >= 0.3 is 0 Å². The number of ether oxygens (including phenoxy) is 2. The molecule has 0 bridgehead atoms. The van der Waals surface area contributed by atoms with E-state index in [0.717, 1.165) is 30.5 Å². The lowest BCUT2D eigenvalue weighted by Crippen LogP contribution is -2.29. The van der Waals surface area contributed by atoms with Gasteiger partial charge < -0.3 is 14.0 Å². The van der Waals surface area contributed by atoms with Crippen LogP contribution in [0.15, 0.2) is 29.1 Å². The molecule has 0 unspecified atom stereocenters. The van der Waals surface area contributed by atoms with Crippen molar-refractivity contribution in [2.24, 2.45) is 0 Å². The number of hydrogen-bond acceptors (Lipinski definition) is 6. The Morgan fingerprint density at radius 1 is 1.14 bits per heavy atom. The third-order valence-electron chi connectivity index (χ3n) is 5.57. The first-order valence-electron chi connectivity index (χ1n) is 9.94. The average molecular weight is 393 g/mol. The van der Waals surface area contributed by atoms with Gasteiger partial charge in [-0.05, 0) is 31.9 Å². The molecule has 4 heterocycles. The second kappa shape index (κ2) is 7.20. The summed E-state index contributed by atoms with van der Waals surface area (Å²) in [5, 5.41) is 0.512. The maximum atomic E-state index is 13.5. The summed E-state index contributed by atoms with van der Waals surface area (Å²) in [6.07, 6.45) is 2.05. The van der Waals surface area contributed by atoms with Crippen LogP contribution in [0.25, 0.3) is 33.2 Å². The van der Waals surface area contributed by atoms with E-state index < -0.39 is 0 Å². The molecule has 150 valence electrons. The first kappa shape index (κ1) is 18.2. The predicted octanol–water partition coefficient (Wildman–Crippen LogP) is 2.43. The summed E-state index contributed by atoms with van der Waals surface area (Å²) in [7, 11) is 1.65. The lowest BCUT2D eigenvalue weighted by atomic mass is 10.2. The summed E-state index contributed by atoms with van der Waals surface area (Å²) in [6.45, 7) is 4.17. The Labute approximate surface area is 167 Å². The topological polar surface area (TPSA) is 84.1 Å². The molecule has 4 aromatic rings. The zero-order valence-electron chi connectivity index (χ0n) is 16.6. The van der Waals surface area contributed by atoms with Crippen LogP contribution in [0.3, 0.4) is 0 Å². The van der Waals surface area contributed by atoms with Crippen LogP contribution >= 0.6 is 0 Å². The van der Waals surface area contributed by atoms with Crippen LogP contribution in [-0.4, -0.2) is 50.5 Å². The third kappa shape index (κ3) is 2.99. The van der Waals surface area contributed by atoms with Gasteiger partial charge in [0, 0.05) is 20.3 Å². The highest BCUT2D eigenvalue weighted by atomic mass is 16.5. The summed E-state index contributed by atoms with van der Waals surface area (Å²) in [5.41, 5.74) is 3.32. The van der Waals surface area contributed by atoms with Crippen LogP contribution < -0.4 is 5.56 Å². The van der Waals surface area contributed by atoms with Crippen molar-refractivity contribution in [3.05, 3.63) is 40.4 Å². The number of fused-ring (bicyclic) bond motifs is 4. The number of aromatic nitrogens is 5. The third-order valence-corrected chi connectivity index (χ3v) is 5.57. The Hall–Kier alpha value is -2.84. The monoisotopic (exact) mass is 393 g/mol. The maximum absolute atomic E-state index is 13.5. The second-order valence-electron chi connectivity index (χ2n) is 7.44. The van der Waals surface area contributed by atoms with Crippen molar-refractivity contribution in [3.8, 4) is 0 Å². The van der Waals surface area contributed by atoms with Gasteiger partial charge in [0.1, 0.15) is 16.7 Å². The molecule has 0 amide bonds. The number of aryl methyl sites for hydroxylation is 1. The molecule has 1 atom stereocenters. The van der Waals surface area contributed by atoms with E-state index in [1.54, 1.807) is 11.7 Å². The maximum Gasteiger partial charge on any atom is 0.265 e. The molecule has 1 aliphatic rings. The van der Waals surface area contributed by atoms with Gasteiger partial charge in [-0.3, -0.25) is 9.36 Å². The van der Waals surface area contributed by atoms with E-state index in [4.69, 9.17) is 24.4 Å². The Balaban J connectivity index is 1.81. The largest absolute Gasteiger partial charge is 0.383 e. The van der Waals surface area contributed by atoms with Crippen molar-refractivity contribution in [1.82, 2.24) is 24.1 Å². The normalized spacial score (nSPS) is 17.1. The molecule has 1 saturated heterocycles. The standard InChI is InChI=1S/C21H23N5O3/c1-13-22-19-17(21(27)26(13)12-14-6-5-10-29-14)18-20(25(19)9-11-28-2)24-16-8-4-3-7-15(16)23-18/h3-4,7-8,14H,5-6,9-12H2,1-2H3/t14-/m1/s1. The average Bonchev–Trinajstić information content (AvgIpc) is 3.34. The van der Waals surface area contributed by atoms with E-state index in [0.29, 0.717) is 47.7 Å². The lowest BCUT2D eigenvalue weighted by Gasteiger charge is -2.14. The van der Waals surface area contributed by atoms with Crippen molar-refractivity contribution in [3.63, 3.8) is 0 Å². The van der Waals surface area contributed by atoms with Gasteiger partial charge in [-0.2, -0.15) is 0 Å². The summed E-state index contributed by atoms with van der Waals surface area (Å²) in [5.74, 6) is 0.670. The van der Waals surface area contributed by atoms with Gasteiger partial charge in [0.05, 0.1) is 30.3 Å². The minimum Gasteiger partial charge on any atom is -0.383 e. The van der Waals surface area contributed by atoms with Crippen LogP contribution in [-0.2, 0) is 22.6 Å². The minimum atomic E-state index is -0.0891. The Bertz CT molecular complexity index is 1270.